The zero-order chi connectivity index (χ0) is 26.0. The van der Waals surface area contributed by atoms with Crippen LogP contribution in [0.2, 0.25) is 5.02 Å². The molecule has 1 fully saturated rings. The van der Waals surface area contributed by atoms with Crippen LogP contribution in [-0.4, -0.2) is 48.0 Å². The summed E-state index contributed by atoms with van der Waals surface area (Å²) in [5.74, 6) is -0.153. The van der Waals surface area contributed by atoms with Gasteiger partial charge in [-0.05, 0) is 47.5 Å². The average molecular weight is 542 g/mol. The van der Waals surface area contributed by atoms with Crippen LogP contribution in [0.25, 0.3) is 5.69 Å². The van der Waals surface area contributed by atoms with Crippen LogP contribution >= 0.6 is 11.6 Å². The minimum atomic E-state index is -3.86. The molecular weight excluding hydrogens is 517 g/mol. The number of hydrogen-bond acceptors (Lipinski definition) is 6. The lowest BCUT2D eigenvalue weighted by molar-refractivity contribution is 0.227. The third-order valence-corrected chi connectivity index (χ3v) is 8.18. The van der Waals surface area contributed by atoms with Crippen molar-refractivity contribution >= 4 is 27.4 Å². The predicted octanol–water partition coefficient (Wildman–Crippen LogP) is 3.75. The molecule has 0 aliphatic carbocycles. The summed E-state index contributed by atoms with van der Waals surface area (Å²) in [5, 5.41) is 14.3. The van der Waals surface area contributed by atoms with Gasteiger partial charge in [0.15, 0.2) is 0 Å². The van der Waals surface area contributed by atoms with Gasteiger partial charge in [0.05, 0.1) is 10.7 Å². The normalized spacial score (nSPS) is 17.9. The van der Waals surface area contributed by atoms with Gasteiger partial charge in [0.1, 0.15) is 16.5 Å². The van der Waals surface area contributed by atoms with Gasteiger partial charge in [-0.15, -0.1) is 0 Å². The van der Waals surface area contributed by atoms with Crippen molar-refractivity contribution in [2.45, 2.75) is 17.4 Å². The second-order valence-corrected chi connectivity index (χ2v) is 11.1. The highest BCUT2D eigenvalue weighted by Crippen LogP contribution is 2.37. The van der Waals surface area contributed by atoms with Crippen LogP contribution in [-0.2, 0) is 16.6 Å². The fourth-order valence-corrected chi connectivity index (χ4v) is 5.93. The minimum absolute atomic E-state index is 0.0472. The highest BCUT2D eigenvalue weighted by molar-refractivity contribution is 7.89. The first kappa shape index (κ1) is 25.3. The molecule has 2 atom stereocenters. The van der Waals surface area contributed by atoms with Crippen molar-refractivity contribution in [2.24, 2.45) is 5.92 Å². The maximum atomic E-state index is 13.8. The molecule has 0 saturated carbocycles. The van der Waals surface area contributed by atoms with Gasteiger partial charge in [-0.3, -0.25) is 0 Å². The Labute approximate surface area is 219 Å². The third-order valence-electron chi connectivity index (χ3n) is 6.53. The third kappa shape index (κ3) is 5.52. The summed E-state index contributed by atoms with van der Waals surface area (Å²) in [7, 11) is -3.86. The molecule has 2 aromatic carbocycles. The van der Waals surface area contributed by atoms with Crippen molar-refractivity contribution in [1.29, 1.82) is 0 Å². The monoisotopic (exact) mass is 541 g/mol. The highest BCUT2D eigenvalue weighted by Gasteiger charge is 2.35. The summed E-state index contributed by atoms with van der Waals surface area (Å²) < 4.78 is 43.9. The second-order valence-electron chi connectivity index (χ2n) is 8.93. The minimum Gasteiger partial charge on any atom is -0.396 e. The van der Waals surface area contributed by atoms with E-state index in [0.29, 0.717) is 18.9 Å². The van der Waals surface area contributed by atoms with Crippen molar-refractivity contribution in [3.8, 4) is 5.69 Å². The van der Waals surface area contributed by atoms with E-state index in [1.807, 2.05) is 47.5 Å². The summed E-state index contributed by atoms with van der Waals surface area (Å²) >= 11 is 6.48. The molecule has 192 valence electrons. The molecule has 0 amide bonds. The van der Waals surface area contributed by atoms with Crippen LogP contribution < -0.4 is 9.62 Å². The molecule has 8 nitrogen and oxygen atoms in total. The number of nitrogens with zero attached hydrogens (tertiary/aromatic N) is 4. The highest BCUT2D eigenvalue weighted by atomic mass is 35.5. The molecule has 2 N–H and O–H groups in total. The van der Waals surface area contributed by atoms with Crippen LogP contribution in [0.15, 0.2) is 84.1 Å². The molecule has 5 rings (SSSR count). The second kappa shape index (κ2) is 10.6. The number of rotatable bonds is 8. The SMILES string of the molecule is O=S(=O)(NCc1ccc(-n2cccn2)cc1)c1cnc(N2C[C@@H](CO)[C@H](c3cccc(F)c3)C2)c(Cl)c1. The maximum Gasteiger partial charge on any atom is 0.242 e. The van der Waals surface area contributed by atoms with E-state index in [0.717, 1.165) is 16.8 Å². The molecule has 0 radical (unpaired) electrons. The molecule has 1 saturated heterocycles. The summed E-state index contributed by atoms with van der Waals surface area (Å²) in [5.41, 5.74) is 2.44. The largest absolute Gasteiger partial charge is 0.396 e. The van der Waals surface area contributed by atoms with Gasteiger partial charge in [0.2, 0.25) is 10.0 Å². The number of nitrogens with one attached hydrogen (secondary N) is 1. The summed E-state index contributed by atoms with van der Waals surface area (Å²) in [6.45, 7) is 0.957. The van der Waals surface area contributed by atoms with Crippen LogP contribution in [0.5, 0.6) is 0 Å². The van der Waals surface area contributed by atoms with Crippen molar-refractivity contribution in [3.05, 3.63) is 101 Å². The fourth-order valence-electron chi connectivity index (χ4n) is 4.59. The molecule has 4 aromatic rings. The van der Waals surface area contributed by atoms with Crippen molar-refractivity contribution in [3.63, 3.8) is 0 Å². The number of hydrogen-bond donors (Lipinski definition) is 2. The van der Waals surface area contributed by atoms with E-state index in [1.165, 1.54) is 24.4 Å². The quantitative estimate of drug-likeness (QED) is 0.352. The van der Waals surface area contributed by atoms with E-state index >= 15 is 0 Å². The van der Waals surface area contributed by atoms with Gasteiger partial charge in [-0.1, -0.05) is 35.9 Å². The van der Waals surface area contributed by atoms with E-state index in [4.69, 9.17) is 11.6 Å². The predicted molar refractivity (Wildman–Crippen MR) is 139 cm³/mol. The molecule has 2 aromatic heterocycles. The van der Waals surface area contributed by atoms with Crippen molar-refractivity contribution in [1.82, 2.24) is 19.5 Å². The van der Waals surface area contributed by atoms with E-state index in [-0.39, 0.29) is 40.7 Å². The van der Waals surface area contributed by atoms with Gasteiger partial charge < -0.3 is 10.0 Å². The number of aliphatic hydroxyl groups excluding tert-OH is 1. The number of anilines is 1. The molecule has 3 heterocycles. The number of aromatic nitrogens is 3. The van der Waals surface area contributed by atoms with Crippen LogP contribution in [0, 0.1) is 11.7 Å². The zero-order valence-corrected chi connectivity index (χ0v) is 21.3. The number of halogens is 2. The Morgan fingerprint density at radius 2 is 1.92 bits per heavy atom. The zero-order valence-electron chi connectivity index (χ0n) is 19.7. The fraction of sp³-hybridized carbons (Fsp3) is 0.231. The Morgan fingerprint density at radius 3 is 2.59 bits per heavy atom. The summed E-state index contributed by atoms with van der Waals surface area (Å²) in [6, 6.07) is 16.9. The van der Waals surface area contributed by atoms with Crippen LogP contribution in [0.3, 0.4) is 0 Å². The summed E-state index contributed by atoms with van der Waals surface area (Å²) in [4.78, 5) is 6.19. The van der Waals surface area contributed by atoms with E-state index < -0.39 is 10.0 Å². The first-order valence-corrected chi connectivity index (χ1v) is 13.6. The first-order chi connectivity index (χ1) is 17.8. The van der Waals surface area contributed by atoms with Crippen LogP contribution in [0.1, 0.15) is 17.0 Å². The number of sulfonamides is 1. The summed E-state index contributed by atoms with van der Waals surface area (Å²) in [6.07, 6.45) is 4.78. The Kier molecular flexibility index (Phi) is 7.25. The van der Waals surface area contributed by atoms with Gasteiger partial charge >= 0.3 is 0 Å². The first-order valence-electron chi connectivity index (χ1n) is 11.7. The van der Waals surface area contributed by atoms with E-state index in [9.17, 15) is 17.9 Å². The number of pyridine rings is 1. The standard InChI is InChI=1S/C26H25ClFN5O3S/c27-25-12-23(37(35,36)31-13-18-5-7-22(8-6-18)33-10-2-9-30-33)14-29-26(25)32-15-20(17-34)24(16-32)19-3-1-4-21(28)11-19/h1-12,14,20,24,31,34H,13,15-17H2/t20-,24-/m0/s1. The topological polar surface area (TPSA) is 100 Å². The maximum absolute atomic E-state index is 13.8. The lowest BCUT2D eigenvalue weighted by Crippen LogP contribution is -2.25. The molecule has 1 aliphatic rings. The van der Waals surface area contributed by atoms with Crippen LogP contribution in [0.4, 0.5) is 10.2 Å². The Morgan fingerprint density at radius 1 is 1.11 bits per heavy atom. The average Bonchev–Trinajstić information content (AvgIpc) is 3.58. The van der Waals surface area contributed by atoms with Gasteiger partial charge in [-0.25, -0.2) is 27.2 Å². The smallest absolute Gasteiger partial charge is 0.242 e. The van der Waals surface area contributed by atoms with Crippen molar-refractivity contribution < 1.29 is 17.9 Å². The number of aliphatic hydroxyl groups is 1. The van der Waals surface area contributed by atoms with E-state index in [1.54, 1.807) is 16.9 Å². The van der Waals surface area contributed by atoms with Gasteiger partial charge in [0.25, 0.3) is 0 Å². The Hall–Kier alpha value is -3.31. The lowest BCUT2D eigenvalue weighted by atomic mass is 9.89. The lowest BCUT2D eigenvalue weighted by Gasteiger charge is -2.19. The van der Waals surface area contributed by atoms with Crippen molar-refractivity contribution in [2.75, 3.05) is 24.6 Å². The van der Waals surface area contributed by atoms with E-state index in [2.05, 4.69) is 14.8 Å². The molecular formula is C26H25ClFN5O3S. The Bertz CT molecular complexity index is 1480. The molecule has 0 bridgehead atoms. The molecule has 1 aliphatic heterocycles. The molecule has 0 spiro atoms. The van der Waals surface area contributed by atoms with Gasteiger partial charge in [-0.2, -0.15) is 5.10 Å². The molecule has 37 heavy (non-hydrogen) atoms. The molecule has 11 heteroatoms. The Balaban J connectivity index is 1.27. The molecule has 0 unspecified atom stereocenters. The van der Waals surface area contributed by atoms with Gasteiger partial charge in [0, 0.05) is 56.7 Å². The number of benzene rings is 2.